The summed E-state index contributed by atoms with van der Waals surface area (Å²) in [7, 11) is -2.11. The van der Waals surface area contributed by atoms with Crippen molar-refractivity contribution in [1.29, 1.82) is 0 Å². The van der Waals surface area contributed by atoms with Gasteiger partial charge in [0.2, 0.25) is 10.0 Å². The van der Waals surface area contributed by atoms with Crippen molar-refractivity contribution in [3.05, 3.63) is 59.7 Å². The second-order valence-electron chi connectivity index (χ2n) is 7.47. The summed E-state index contributed by atoms with van der Waals surface area (Å²) in [4.78, 5) is 0. The van der Waals surface area contributed by atoms with Crippen molar-refractivity contribution < 1.29 is 36.1 Å². The number of hydrogen-bond acceptors (Lipinski definition) is 6. The van der Waals surface area contributed by atoms with Crippen molar-refractivity contribution in [2.75, 3.05) is 26.9 Å². The number of ether oxygens (including phenoxy) is 4. The van der Waals surface area contributed by atoms with E-state index in [0.29, 0.717) is 54.2 Å². The van der Waals surface area contributed by atoms with E-state index in [9.17, 15) is 17.2 Å². The third-order valence-electron chi connectivity index (χ3n) is 4.94. The molecule has 1 atom stereocenters. The van der Waals surface area contributed by atoms with E-state index in [2.05, 4.69) is 0 Å². The number of halogens is 2. The number of methoxy groups -OCH3 is 1. The predicted octanol–water partition coefficient (Wildman–Crippen LogP) is 4.18. The smallest absolute Gasteiger partial charge is 0.387 e. The predicted molar refractivity (Wildman–Crippen MR) is 120 cm³/mol. The van der Waals surface area contributed by atoms with Crippen LogP contribution in [0.2, 0.25) is 0 Å². The van der Waals surface area contributed by atoms with Crippen LogP contribution in [0.15, 0.2) is 48.6 Å². The lowest BCUT2D eigenvalue weighted by Gasteiger charge is -2.30. The van der Waals surface area contributed by atoms with Crippen molar-refractivity contribution in [3.63, 3.8) is 0 Å². The Morgan fingerprint density at radius 2 is 2.00 bits per heavy atom. The quantitative estimate of drug-likeness (QED) is 0.359. The Bertz CT molecular complexity index is 1070. The van der Waals surface area contributed by atoms with Gasteiger partial charge in [0.15, 0.2) is 0 Å². The van der Waals surface area contributed by atoms with E-state index >= 15 is 0 Å². The number of nitrogens with two attached hydrogens (primary N) is 1. The number of sulfonamides is 1. The van der Waals surface area contributed by atoms with Gasteiger partial charge in [0.1, 0.15) is 17.6 Å². The van der Waals surface area contributed by atoms with E-state index in [4.69, 9.17) is 24.1 Å². The maximum absolute atomic E-state index is 13.0. The van der Waals surface area contributed by atoms with Crippen molar-refractivity contribution in [1.82, 2.24) is 0 Å². The summed E-state index contributed by atoms with van der Waals surface area (Å²) in [5.74, 6) is 0.0515. The van der Waals surface area contributed by atoms with Crippen LogP contribution in [0.4, 0.5) is 8.78 Å². The maximum Gasteiger partial charge on any atom is 0.387 e. The van der Waals surface area contributed by atoms with Crippen LogP contribution in [-0.4, -0.2) is 42.0 Å². The SMILES string of the molecule is COCCCOCC=CCC1Oc2cccc(OC(F)F)c2-c2ccc(CS(N)(=O)=O)cc21. The average molecular weight is 484 g/mol. The molecule has 10 heteroatoms. The van der Waals surface area contributed by atoms with Crippen LogP contribution in [0.5, 0.6) is 11.5 Å². The highest BCUT2D eigenvalue weighted by molar-refractivity contribution is 7.88. The standard InChI is InChI=1S/C23H27F2NO6S/c1-29-11-5-13-30-12-3-2-6-19-18-14-16(15-33(26,27)28)9-10-17(18)22-20(31-19)7-4-8-21(22)32-23(24)25/h2-4,7-10,14,19,23H,5-6,11-13,15H2,1H3,(H2,26,27,28). The molecular formula is C23H27F2NO6S. The highest BCUT2D eigenvalue weighted by atomic mass is 32.2. The normalized spacial score (nSPS) is 15.4. The van der Waals surface area contributed by atoms with Gasteiger partial charge in [0.25, 0.3) is 0 Å². The Kier molecular flexibility index (Phi) is 8.79. The summed E-state index contributed by atoms with van der Waals surface area (Å²) < 4.78 is 70.3. The molecular weight excluding hydrogens is 456 g/mol. The second kappa shape index (κ2) is 11.6. The van der Waals surface area contributed by atoms with Crippen LogP contribution < -0.4 is 14.6 Å². The molecule has 2 aromatic rings. The van der Waals surface area contributed by atoms with Gasteiger partial charge in [-0.05, 0) is 29.7 Å². The molecule has 1 unspecified atom stereocenters. The minimum Gasteiger partial charge on any atom is -0.485 e. The third kappa shape index (κ3) is 7.23. The molecule has 2 N–H and O–H groups in total. The molecule has 3 rings (SSSR count). The van der Waals surface area contributed by atoms with E-state index in [1.54, 1.807) is 37.4 Å². The van der Waals surface area contributed by atoms with Crippen molar-refractivity contribution in [2.24, 2.45) is 5.14 Å². The zero-order valence-electron chi connectivity index (χ0n) is 18.2. The Balaban J connectivity index is 1.86. The van der Waals surface area contributed by atoms with Crippen molar-refractivity contribution in [2.45, 2.75) is 31.3 Å². The fourth-order valence-corrected chi connectivity index (χ4v) is 4.28. The summed E-state index contributed by atoms with van der Waals surface area (Å²) in [6, 6.07) is 9.69. The number of primary sulfonamides is 1. The highest BCUT2D eigenvalue weighted by Gasteiger charge is 2.29. The minimum absolute atomic E-state index is 0.0126. The third-order valence-corrected chi connectivity index (χ3v) is 5.68. The summed E-state index contributed by atoms with van der Waals surface area (Å²) in [5.41, 5.74) is 2.18. The van der Waals surface area contributed by atoms with Crippen LogP contribution in [0, 0.1) is 0 Å². The minimum atomic E-state index is -3.74. The molecule has 0 spiro atoms. The lowest BCUT2D eigenvalue weighted by Crippen LogP contribution is -2.17. The monoisotopic (exact) mass is 483 g/mol. The van der Waals surface area contributed by atoms with Gasteiger partial charge in [-0.15, -0.1) is 0 Å². The molecule has 180 valence electrons. The molecule has 0 aromatic heterocycles. The van der Waals surface area contributed by atoms with Gasteiger partial charge in [-0.25, -0.2) is 13.6 Å². The van der Waals surface area contributed by atoms with Crippen molar-refractivity contribution in [3.8, 4) is 22.6 Å². The molecule has 7 nitrogen and oxygen atoms in total. The average Bonchev–Trinajstić information content (AvgIpc) is 2.74. The number of benzene rings is 2. The van der Waals surface area contributed by atoms with Crippen LogP contribution in [-0.2, 0) is 25.2 Å². The first-order valence-corrected chi connectivity index (χ1v) is 12.1. The van der Waals surface area contributed by atoms with Crippen molar-refractivity contribution >= 4 is 10.0 Å². The molecule has 1 heterocycles. The molecule has 1 aliphatic rings. The number of rotatable bonds is 12. The molecule has 0 aliphatic carbocycles. The van der Waals surface area contributed by atoms with Gasteiger partial charge in [-0.2, -0.15) is 8.78 Å². The van der Waals surface area contributed by atoms with E-state index in [1.807, 2.05) is 12.2 Å². The van der Waals surface area contributed by atoms with Crippen LogP contribution in [0.3, 0.4) is 0 Å². The highest BCUT2D eigenvalue weighted by Crippen LogP contribution is 2.48. The Labute approximate surface area is 192 Å². The number of fused-ring (bicyclic) bond motifs is 3. The number of hydrogen-bond donors (Lipinski definition) is 1. The van der Waals surface area contributed by atoms with Gasteiger partial charge in [0.05, 0.1) is 17.9 Å². The Morgan fingerprint density at radius 3 is 2.73 bits per heavy atom. The molecule has 2 aromatic carbocycles. The molecule has 0 amide bonds. The molecule has 0 saturated carbocycles. The summed E-state index contributed by atoms with van der Waals surface area (Å²) in [6.07, 6.45) is 4.58. The van der Waals surface area contributed by atoms with Gasteiger partial charge < -0.3 is 18.9 Å². The fourth-order valence-electron chi connectivity index (χ4n) is 3.63. The molecule has 0 fully saturated rings. The molecule has 33 heavy (non-hydrogen) atoms. The van der Waals surface area contributed by atoms with Crippen LogP contribution in [0.25, 0.3) is 11.1 Å². The van der Waals surface area contributed by atoms with Gasteiger partial charge in [-0.1, -0.05) is 36.4 Å². The molecule has 0 bridgehead atoms. The summed E-state index contributed by atoms with van der Waals surface area (Å²) >= 11 is 0. The first-order valence-electron chi connectivity index (χ1n) is 10.4. The summed E-state index contributed by atoms with van der Waals surface area (Å²) in [5, 5.41) is 5.20. The fraction of sp³-hybridized carbons (Fsp3) is 0.391. The van der Waals surface area contributed by atoms with E-state index in [1.165, 1.54) is 6.07 Å². The second-order valence-corrected chi connectivity index (χ2v) is 9.09. The molecule has 0 radical (unpaired) electrons. The molecule has 1 aliphatic heterocycles. The van der Waals surface area contributed by atoms with Gasteiger partial charge >= 0.3 is 6.61 Å². The van der Waals surface area contributed by atoms with E-state index in [-0.39, 0.29) is 11.5 Å². The van der Waals surface area contributed by atoms with Crippen LogP contribution in [0.1, 0.15) is 30.1 Å². The first kappa shape index (κ1) is 25.1. The van der Waals surface area contributed by atoms with Crippen LogP contribution >= 0.6 is 0 Å². The van der Waals surface area contributed by atoms with E-state index in [0.717, 1.165) is 6.42 Å². The van der Waals surface area contributed by atoms with E-state index < -0.39 is 22.7 Å². The van der Waals surface area contributed by atoms with Gasteiger partial charge in [0, 0.05) is 32.3 Å². The largest absolute Gasteiger partial charge is 0.485 e. The lowest BCUT2D eigenvalue weighted by atomic mass is 9.89. The lowest BCUT2D eigenvalue weighted by molar-refractivity contribution is -0.0496. The molecule has 0 saturated heterocycles. The first-order chi connectivity index (χ1) is 15.8. The Morgan fingerprint density at radius 1 is 1.18 bits per heavy atom. The summed E-state index contributed by atoms with van der Waals surface area (Å²) in [6.45, 7) is -1.35. The maximum atomic E-state index is 13.0. The van der Waals surface area contributed by atoms with Gasteiger partial charge in [-0.3, -0.25) is 0 Å². The zero-order chi connectivity index (χ0) is 23.8. The zero-order valence-corrected chi connectivity index (χ0v) is 19.0. The topological polar surface area (TPSA) is 97.1 Å². The Hall–Kier alpha value is -2.53. The number of alkyl halides is 2.